The first-order valence-electron chi connectivity index (χ1n) is 6.27. The van der Waals surface area contributed by atoms with Gasteiger partial charge in [-0.3, -0.25) is 0 Å². The standard InChI is InChI=1S/C14H24/c1-3-5-9-13-11-7-8-12-14(13)10-6-4-2/h9-10H,3-8,11-12H2,1-2H3/b13-9-,14-10+. The summed E-state index contributed by atoms with van der Waals surface area (Å²) < 4.78 is 0. The van der Waals surface area contributed by atoms with Crippen LogP contribution in [0.1, 0.15) is 65.2 Å². The quantitative estimate of drug-likeness (QED) is 0.587. The van der Waals surface area contributed by atoms with E-state index in [1.54, 1.807) is 11.1 Å². The van der Waals surface area contributed by atoms with Gasteiger partial charge in [0, 0.05) is 0 Å². The summed E-state index contributed by atoms with van der Waals surface area (Å²) in [6, 6.07) is 0. The van der Waals surface area contributed by atoms with Crippen LogP contribution >= 0.6 is 0 Å². The Labute approximate surface area is 89.1 Å². The highest BCUT2D eigenvalue weighted by Crippen LogP contribution is 2.29. The van der Waals surface area contributed by atoms with Crippen LogP contribution in [0.15, 0.2) is 23.3 Å². The molecule has 0 bridgehead atoms. The molecule has 14 heavy (non-hydrogen) atoms. The molecule has 0 spiro atoms. The SMILES string of the molecule is CCC/C=C1/CCCC/C1=C\CCC. The van der Waals surface area contributed by atoms with Crippen LogP contribution < -0.4 is 0 Å². The highest BCUT2D eigenvalue weighted by Gasteiger charge is 2.10. The third kappa shape index (κ3) is 3.69. The summed E-state index contributed by atoms with van der Waals surface area (Å²) in [4.78, 5) is 0. The van der Waals surface area contributed by atoms with Gasteiger partial charge in [-0.1, -0.05) is 38.8 Å². The molecule has 0 aromatic heterocycles. The first-order chi connectivity index (χ1) is 6.88. The Morgan fingerprint density at radius 1 is 0.857 bits per heavy atom. The second-order valence-electron chi connectivity index (χ2n) is 4.24. The summed E-state index contributed by atoms with van der Waals surface area (Å²) in [5, 5.41) is 0. The molecule has 0 nitrogen and oxygen atoms in total. The van der Waals surface area contributed by atoms with E-state index >= 15 is 0 Å². The fourth-order valence-corrected chi connectivity index (χ4v) is 2.06. The molecular weight excluding hydrogens is 168 g/mol. The van der Waals surface area contributed by atoms with Crippen LogP contribution in [-0.2, 0) is 0 Å². The van der Waals surface area contributed by atoms with Crippen LogP contribution in [0.5, 0.6) is 0 Å². The molecule has 1 aliphatic rings. The largest absolute Gasteiger partial charge is 0.0811 e. The Hall–Kier alpha value is -0.520. The number of rotatable bonds is 4. The summed E-state index contributed by atoms with van der Waals surface area (Å²) in [6.07, 6.45) is 15.5. The molecular formula is C14H24. The van der Waals surface area contributed by atoms with E-state index in [2.05, 4.69) is 26.0 Å². The molecule has 0 N–H and O–H groups in total. The van der Waals surface area contributed by atoms with Crippen LogP contribution in [0.2, 0.25) is 0 Å². The summed E-state index contributed by atoms with van der Waals surface area (Å²) in [5.74, 6) is 0. The third-order valence-corrected chi connectivity index (χ3v) is 2.91. The number of hydrogen-bond acceptors (Lipinski definition) is 0. The van der Waals surface area contributed by atoms with E-state index in [4.69, 9.17) is 0 Å². The first kappa shape index (κ1) is 11.6. The van der Waals surface area contributed by atoms with E-state index in [0.29, 0.717) is 0 Å². The molecule has 0 amide bonds. The van der Waals surface area contributed by atoms with E-state index < -0.39 is 0 Å². The van der Waals surface area contributed by atoms with E-state index in [-0.39, 0.29) is 0 Å². The fourth-order valence-electron chi connectivity index (χ4n) is 2.06. The molecule has 0 heteroatoms. The first-order valence-corrected chi connectivity index (χ1v) is 6.27. The minimum absolute atomic E-state index is 1.26. The lowest BCUT2D eigenvalue weighted by molar-refractivity contribution is 0.671. The average molecular weight is 192 g/mol. The fraction of sp³-hybridized carbons (Fsp3) is 0.714. The monoisotopic (exact) mass is 192 g/mol. The topological polar surface area (TPSA) is 0 Å². The zero-order chi connectivity index (χ0) is 10.2. The van der Waals surface area contributed by atoms with E-state index in [9.17, 15) is 0 Å². The molecule has 0 saturated heterocycles. The molecule has 0 unspecified atom stereocenters. The highest BCUT2D eigenvalue weighted by atomic mass is 14.2. The van der Waals surface area contributed by atoms with Gasteiger partial charge >= 0.3 is 0 Å². The van der Waals surface area contributed by atoms with E-state index in [1.165, 1.54) is 51.4 Å². The molecule has 1 aliphatic carbocycles. The molecule has 1 fully saturated rings. The maximum atomic E-state index is 2.47. The van der Waals surface area contributed by atoms with Crippen molar-refractivity contribution in [2.24, 2.45) is 0 Å². The maximum Gasteiger partial charge on any atom is -0.0279 e. The van der Waals surface area contributed by atoms with Gasteiger partial charge < -0.3 is 0 Å². The predicted octanol–water partition coefficient (Wildman–Crippen LogP) is 5.01. The summed E-state index contributed by atoms with van der Waals surface area (Å²) >= 11 is 0. The second kappa shape index (κ2) is 6.86. The lowest BCUT2D eigenvalue weighted by Crippen LogP contribution is -1.98. The molecule has 80 valence electrons. The lowest BCUT2D eigenvalue weighted by atomic mass is 9.88. The highest BCUT2D eigenvalue weighted by molar-refractivity contribution is 5.32. The number of allylic oxidation sites excluding steroid dienone is 4. The molecule has 1 saturated carbocycles. The van der Waals surface area contributed by atoms with E-state index in [0.717, 1.165) is 0 Å². The minimum atomic E-state index is 1.26. The Bertz CT molecular complexity index is 184. The summed E-state index contributed by atoms with van der Waals surface area (Å²) in [7, 11) is 0. The summed E-state index contributed by atoms with van der Waals surface area (Å²) in [5.41, 5.74) is 3.32. The van der Waals surface area contributed by atoms with Crippen molar-refractivity contribution in [2.45, 2.75) is 65.2 Å². The van der Waals surface area contributed by atoms with Crippen molar-refractivity contribution in [1.82, 2.24) is 0 Å². The van der Waals surface area contributed by atoms with Crippen LogP contribution in [0.4, 0.5) is 0 Å². The molecule has 0 heterocycles. The second-order valence-corrected chi connectivity index (χ2v) is 4.24. The van der Waals surface area contributed by atoms with Crippen molar-refractivity contribution in [3.63, 3.8) is 0 Å². The van der Waals surface area contributed by atoms with Crippen LogP contribution in [-0.4, -0.2) is 0 Å². The van der Waals surface area contributed by atoms with Gasteiger partial charge in [0.15, 0.2) is 0 Å². The van der Waals surface area contributed by atoms with Crippen molar-refractivity contribution in [3.8, 4) is 0 Å². The van der Waals surface area contributed by atoms with Gasteiger partial charge in [0.1, 0.15) is 0 Å². The van der Waals surface area contributed by atoms with Gasteiger partial charge in [0.2, 0.25) is 0 Å². The Balaban J connectivity index is 2.58. The van der Waals surface area contributed by atoms with Crippen molar-refractivity contribution >= 4 is 0 Å². The predicted molar refractivity (Wildman–Crippen MR) is 64.5 cm³/mol. The zero-order valence-corrected chi connectivity index (χ0v) is 9.81. The molecule has 0 atom stereocenters. The molecule has 0 radical (unpaired) electrons. The van der Waals surface area contributed by atoms with Gasteiger partial charge in [-0.25, -0.2) is 0 Å². The van der Waals surface area contributed by atoms with Gasteiger partial charge in [0.05, 0.1) is 0 Å². The minimum Gasteiger partial charge on any atom is -0.0811 e. The number of hydrogen-bond donors (Lipinski definition) is 0. The number of unbranched alkanes of at least 4 members (excludes halogenated alkanes) is 2. The van der Waals surface area contributed by atoms with Gasteiger partial charge in [0.25, 0.3) is 0 Å². The van der Waals surface area contributed by atoms with Crippen LogP contribution in [0, 0.1) is 0 Å². The van der Waals surface area contributed by atoms with Crippen molar-refractivity contribution in [3.05, 3.63) is 23.3 Å². The van der Waals surface area contributed by atoms with E-state index in [1.807, 2.05) is 0 Å². The van der Waals surface area contributed by atoms with Crippen molar-refractivity contribution < 1.29 is 0 Å². The maximum absolute atomic E-state index is 2.47. The average Bonchev–Trinajstić information content (AvgIpc) is 2.24. The van der Waals surface area contributed by atoms with Crippen LogP contribution in [0.25, 0.3) is 0 Å². The van der Waals surface area contributed by atoms with Crippen molar-refractivity contribution in [2.75, 3.05) is 0 Å². The van der Waals surface area contributed by atoms with Crippen molar-refractivity contribution in [1.29, 1.82) is 0 Å². The Morgan fingerprint density at radius 3 is 1.64 bits per heavy atom. The molecule has 0 aromatic carbocycles. The lowest BCUT2D eigenvalue weighted by Gasteiger charge is -2.18. The normalized spacial score (nSPS) is 23.3. The van der Waals surface area contributed by atoms with Crippen LogP contribution in [0.3, 0.4) is 0 Å². The Kier molecular flexibility index (Phi) is 5.66. The zero-order valence-electron chi connectivity index (χ0n) is 9.81. The van der Waals surface area contributed by atoms with Gasteiger partial charge in [-0.05, 0) is 49.7 Å². The van der Waals surface area contributed by atoms with Gasteiger partial charge in [-0.2, -0.15) is 0 Å². The Morgan fingerprint density at radius 2 is 1.29 bits per heavy atom. The molecule has 0 aromatic rings. The molecule has 1 rings (SSSR count). The smallest absolute Gasteiger partial charge is 0.0279 e. The molecule has 0 aliphatic heterocycles. The summed E-state index contributed by atoms with van der Waals surface area (Å²) in [6.45, 7) is 4.52. The van der Waals surface area contributed by atoms with Gasteiger partial charge in [-0.15, -0.1) is 0 Å². The third-order valence-electron chi connectivity index (χ3n) is 2.91.